The lowest BCUT2D eigenvalue weighted by Crippen LogP contribution is -2.37. The molecule has 2 rings (SSSR count). The third-order valence-corrected chi connectivity index (χ3v) is 6.78. The molecule has 0 saturated carbocycles. The van der Waals surface area contributed by atoms with Crippen molar-refractivity contribution in [1.29, 1.82) is 0 Å². The monoisotopic (exact) mass is 428 g/mol. The zero-order chi connectivity index (χ0) is 20.1. The van der Waals surface area contributed by atoms with Gasteiger partial charge in [0.25, 0.3) is 5.91 Å². The summed E-state index contributed by atoms with van der Waals surface area (Å²) in [7, 11) is -2.28. The number of aromatic nitrogens is 1. The van der Waals surface area contributed by atoms with Gasteiger partial charge in [-0.1, -0.05) is 0 Å². The molecule has 1 fully saturated rings. The summed E-state index contributed by atoms with van der Waals surface area (Å²) in [5.41, 5.74) is 0.101. The highest BCUT2D eigenvalue weighted by Gasteiger charge is 2.29. The van der Waals surface area contributed by atoms with E-state index in [2.05, 4.69) is 10.3 Å². The molecular weight excluding hydrogens is 405 g/mol. The molecule has 27 heavy (non-hydrogen) atoms. The van der Waals surface area contributed by atoms with Gasteiger partial charge in [-0.25, -0.2) is 8.42 Å². The Morgan fingerprint density at radius 1 is 1.37 bits per heavy atom. The minimum Gasteiger partial charge on any atom is -0.356 e. The van der Waals surface area contributed by atoms with Crippen molar-refractivity contribution in [3.05, 3.63) is 18.0 Å². The first kappa shape index (κ1) is 22.1. The molecular formula is C15H23F3N4O3S2. The lowest BCUT2D eigenvalue weighted by molar-refractivity contribution is -0.143. The van der Waals surface area contributed by atoms with Crippen molar-refractivity contribution in [2.45, 2.75) is 17.5 Å². The highest BCUT2D eigenvalue weighted by atomic mass is 32.2. The lowest BCUT2D eigenvalue weighted by atomic mass is 10.3. The van der Waals surface area contributed by atoms with Gasteiger partial charge in [0.2, 0.25) is 10.0 Å². The van der Waals surface area contributed by atoms with E-state index in [4.69, 9.17) is 0 Å². The van der Waals surface area contributed by atoms with Crippen LogP contribution in [0.5, 0.6) is 0 Å². The zero-order valence-electron chi connectivity index (χ0n) is 14.9. The summed E-state index contributed by atoms with van der Waals surface area (Å²) < 4.78 is 63.2. The molecule has 0 radical (unpaired) electrons. The quantitative estimate of drug-likeness (QED) is 0.611. The van der Waals surface area contributed by atoms with E-state index < -0.39 is 28.7 Å². The smallest absolute Gasteiger partial charge is 0.356 e. The van der Waals surface area contributed by atoms with Gasteiger partial charge in [-0.2, -0.15) is 29.2 Å². The van der Waals surface area contributed by atoms with E-state index in [1.54, 1.807) is 11.8 Å². The molecule has 1 aliphatic rings. The van der Waals surface area contributed by atoms with E-state index in [1.165, 1.54) is 23.6 Å². The molecule has 154 valence electrons. The predicted molar refractivity (Wildman–Crippen MR) is 97.4 cm³/mol. The predicted octanol–water partition coefficient (Wildman–Crippen LogP) is 1.37. The number of alkyl halides is 3. The Balaban J connectivity index is 1.82. The molecule has 2 heterocycles. The van der Waals surface area contributed by atoms with Crippen LogP contribution < -0.4 is 5.32 Å². The van der Waals surface area contributed by atoms with Crippen LogP contribution in [0, 0.1) is 0 Å². The molecule has 0 atom stereocenters. The number of amides is 1. The van der Waals surface area contributed by atoms with Gasteiger partial charge in [0.15, 0.2) is 0 Å². The number of carbonyl (C=O) groups is 1. The second kappa shape index (κ2) is 9.30. The molecule has 0 unspecified atom stereocenters. The van der Waals surface area contributed by atoms with E-state index in [0.29, 0.717) is 19.5 Å². The van der Waals surface area contributed by atoms with Gasteiger partial charge in [0.05, 0.1) is 6.54 Å². The Hall–Kier alpha value is -1.24. The van der Waals surface area contributed by atoms with Crippen LogP contribution in [0.2, 0.25) is 0 Å². The first-order valence-electron chi connectivity index (χ1n) is 8.39. The fraction of sp³-hybridized carbons (Fsp3) is 0.667. The number of rotatable bonds is 8. The number of hydrogen-bond donors (Lipinski definition) is 2. The van der Waals surface area contributed by atoms with Crippen LogP contribution in [0.4, 0.5) is 13.2 Å². The Kier molecular flexibility index (Phi) is 7.60. The minimum absolute atomic E-state index is 0.0319. The maximum absolute atomic E-state index is 12.5. The van der Waals surface area contributed by atoms with Crippen molar-refractivity contribution in [1.82, 2.24) is 19.5 Å². The molecule has 1 aromatic rings. The fourth-order valence-electron chi connectivity index (χ4n) is 2.62. The molecule has 0 aromatic carbocycles. The minimum atomic E-state index is -4.25. The van der Waals surface area contributed by atoms with E-state index >= 15 is 0 Å². The molecule has 1 aromatic heterocycles. The number of sulfonamides is 1. The van der Waals surface area contributed by atoms with Gasteiger partial charge in [0, 0.05) is 37.3 Å². The lowest BCUT2D eigenvalue weighted by Gasteiger charge is -2.24. The average Bonchev–Trinajstić information content (AvgIpc) is 3.09. The molecule has 0 bridgehead atoms. The number of nitrogens with one attached hydrogen (secondary N) is 2. The third-order valence-electron chi connectivity index (χ3n) is 3.96. The van der Waals surface area contributed by atoms with Crippen molar-refractivity contribution in [3.63, 3.8) is 0 Å². The molecule has 1 saturated heterocycles. The summed E-state index contributed by atoms with van der Waals surface area (Å²) in [5.74, 6) is 0.976. The van der Waals surface area contributed by atoms with Crippen LogP contribution in [0.3, 0.4) is 0 Å². The van der Waals surface area contributed by atoms with Gasteiger partial charge in [-0.15, -0.1) is 0 Å². The normalized spacial score (nSPS) is 16.6. The first-order chi connectivity index (χ1) is 12.6. The second-order valence-electron chi connectivity index (χ2n) is 6.23. The second-order valence-corrected chi connectivity index (χ2v) is 9.39. The van der Waals surface area contributed by atoms with Crippen LogP contribution >= 0.6 is 11.8 Å². The highest BCUT2D eigenvalue weighted by Crippen LogP contribution is 2.21. The van der Waals surface area contributed by atoms with Crippen molar-refractivity contribution in [2.75, 3.05) is 51.3 Å². The summed E-state index contributed by atoms with van der Waals surface area (Å²) in [6.07, 6.45) is -2.63. The zero-order valence-corrected chi connectivity index (χ0v) is 16.5. The Labute approximate surface area is 160 Å². The summed E-state index contributed by atoms with van der Waals surface area (Å²) in [5, 5.41) is 2.57. The molecule has 2 N–H and O–H groups in total. The number of H-pyrrole nitrogens is 1. The molecule has 1 aliphatic heterocycles. The number of halogens is 3. The first-order valence-corrected chi connectivity index (χ1v) is 11.0. The van der Waals surface area contributed by atoms with E-state index in [9.17, 15) is 26.4 Å². The highest BCUT2D eigenvalue weighted by molar-refractivity contribution is 7.99. The van der Waals surface area contributed by atoms with Crippen LogP contribution in [0.15, 0.2) is 17.2 Å². The Morgan fingerprint density at radius 3 is 2.67 bits per heavy atom. The van der Waals surface area contributed by atoms with Crippen LogP contribution in [-0.4, -0.2) is 86.0 Å². The van der Waals surface area contributed by atoms with Gasteiger partial charge in [-0.3, -0.25) is 9.69 Å². The maximum Gasteiger partial charge on any atom is 0.401 e. The Morgan fingerprint density at radius 2 is 2.04 bits per heavy atom. The SMILES string of the molecule is CN(CCCNC(=O)c1cc(S(=O)(=O)N2CCSCC2)c[nH]1)CC(F)(F)F. The largest absolute Gasteiger partial charge is 0.401 e. The van der Waals surface area contributed by atoms with Gasteiger partial charge >= 0.3 is 6.18 Å². The van der Waals surface area contributed by atoms with Gasteiger partial charge in [0.1, 0.15) is 10.6 Å². The molecule has 0 aliphatic carbocycles. The van der Waals surface area contributed by atoms with Crippen LogP contribution in [-0.2, 0) is 10.0 Å². The third kappa shape index (κ3) is 6.70. The number of nitrogens with zero attached hydrogens (tertiary/aromatic N) is 2. The van der Waals surface area contributed by atoms with Crippen molar-refractivity contribution in [3.8, 4) is 0 Å². The van der Waals surface area contributed by atoms with Crippen LogP contribution in [0.1, 0.15) is 16.9 Å². The van der Waals surface area contributed by atoms with E-state index in [-0.39, 0.29) is 23.7 Å². The summed E-state index contributed by atoms with van der Waals surface area (Å²) in [6.45, 7) is 0.229. The summed E-state index contributed by atoms with van der Waals surface area (Å²) in [4.78, 5) is 15.9. The van der Waals surface area contributed by atoms with E-state index in [1.807, 2.05) is 0 Å². The van der Waals surface area contributed by atoms with Crippen molar-refractivity contribution in [2.24, 2.45) is 0 Å². The number of carbonyl (C=O) groups excluding carboxylic acids is 1. The summed E-state index contributed by atoms with van der Waals surface area (Å²) >= 11 is 1.69. The number of thioether (sulfide) groups is 1. The van der Waals surface area contributed by atoms with Gasteiger partial charge in [-0.05, 0) is 26.1 Å². The molecule has 1 amide bonds. The molecule has 7 nitrogen and oxygen atoms in total. The van der Waals surface area contributed by atoms with E-state index in [0.717, 1.165) is 16.4 Å². The molecule has 0 spiro atoms. The van der Waals surface area contributed by atoms with Crippen LogP contribution in [0.25, 0.3) is 0 Å². The maximum atomic E-state index is 12.5. The molecule has 12 heteroatoms. The fourth-order valence-corrected chi connectivity index (χ4v) is 5.19. The van der Waals surface area contributed by atoms with Gasteiger partial charge < -0.3 is 10.3 Å². The average molecular weight is 429 g/mol. The number of hydrogen-bond acceptors (Lipinski definition) is 5. The summed E-state index contributed by atoms with van der Waals surface area (Å²) in [6, 6.07) is 1.28. The number of aromatic amines is 1. The Bertz CT molecular complexity index is 731. The standard InChI is InChI=1S/C15H23F3N4O3S2/c1-21(11-15(16,17)18)4-2-3-19-14(23)13-9-12(10-20-13)27(24,25)22-5-7-26-8-6-22/h9-10,20H,2-8,11H2,1H3,(H,19,23). The van der Waals surface area contributed by atoms with Crippen molar-refractivity contribution >= 4 is 27.7 Å². The van der Waals surface area contributed by atoms with Crippen molar-refractivity contribution < 1.29 is 26.4 Å². The topological polar surface area (TPSA) is 85.5 Å².